The summed E-state index contributed by atoms with van der Waals surface area (Å²) in [5.41, 5.74) is 3.24. The van der Waals surface area contributed by atoms with E-state index in [1.165, 1.54) is 0 Å². The lowest BCUT2D eigenvalue weighted by Crippen LogP contribution is -2.38. The number of nitrogens with one attached hydrogen (secondary N) is 2. The van der Waals surface area contributed by atoms with Gasteiger partial charge in [-0.3, -0.25) is 4.99 Å². The highest BCUT2D eigenvalue weighted by atomic mass is 127. The van der Waals surface area contributed by atoms with Crippen LogP contribution in [0.1, 0.15) is 29.8 Å². The predicted molar refractivity (Wildman–Crippen MR) is 120 cm³/mol. The zero-order chi connectivity index (χ0) is 19.2. The Hall–Kier alpha value is -2.42. The molecule has 1 aromatic heterocycles. The quantitative estimate of drug-likeness (QED) is 0.303. The summed E-state index contributed by atoms with van der Waals surface area (Å²) in [6.45, 7) is 4.17. The summed E-state index contributed by atoms with van der Waals surface area (Å²) in [5, 5.41) is 10.5. The minimum Gasteiger partial charge on any atom is -0.356 e. The Morgan fingerprint density at radius 3 is 2.61 bits per heavy atom. The highest BCUT2D eigenvalue weighted by Gasteiger charge is 2.11. The molecule has 3 rings (SSSR count). The highest BCUT2D eigenvalue weighted by Crippen LogP contribution is 2.19. The van der Waals surface area contributed by atoms with Crippen LogP contribution in [-0.4, -0.2) is 18.2 Å². The van der Waals surface area contributed by atoms with Gasteiger partial charge in [-0.05, 0) is 31.0 Å². The van der Waals surface area contributed by atoms with Gasteiger partial charge in [-0.15, -0.1) is 24.0 Å². The predicted octanol–water partition coefficient (Wildman–Crippen LogP) is 4.83. The van der Waals surface area contributed by atoms with Gasteiger partial charge in [0.2, 0.25) is 0 Å². The molecule has 0 amide bonds. The first-order valence-electron chi connectivity index (χ1n) is 8.81. The molecule has 0 bridgehead atoms. The van der Waals surface area contributed by atoms with Crippen molar-refractivity contribution in [2.45, 2.75) is 26.4 Å². The van der Waals surface area contributed by atoms with Crippen molar-refractivity contribution in [1.82, 2.24) is 15.8 Å². The van der Waals surface area contributed by atoms with Gasteiger partial charge < -0.3 is 15.2 Å². The number of aryl methyl sites for hydroxylation is 1. The minimum absolute atomic E-state index is 0. The van der Waals surface area contributed by atoms with E-state index in [-0.39, 0.29) is 35.8 Å². The van der Waals surface area contributed by atoms with Crippen molar-refractivity contribution >= 4 is 29.9 Å². The first kappa shape index (κ1) is 21.9. The van der Waals surface area contributed by atoms with E-state index in [1.807, 2.05) is 49.4 Å². The van der Waals surface area contributed by atoms with Gasteiger partial charge in [0.1, 0.15) is 11.5 Å². The van der Waals surface area contributed by atoms with Gasteiger partial charge in [0, 0.05) is 18.7 Å². The number of benzene rings is 2. The minimum atomic E-state index is -0.208. The maximum atomic E-state index is 13.8. The third-order valence-electron chi connectivity index (χ3n) is 4.33. The molecule has 148 valence electrons. The number of halogens is 2. The smallest absolute Gasteiger partial charge is 0.191 e. The van der Waals surface area contributed by atoms with E-state index in [2.05, 4.69) is 20.8 Å². The van der Waals surface area contributed by atoms with Crippen molar-refractivity contribution in [2.24, 2.45) is 4.99 Å². The van der Waals surface area contributed by atoms with E-state index in [4.69, 9.17) is 4.52 Å². The topological polar surface area (TPSA) is 62.5 Å². The van der Waals surface area contributed by atoms with Crippen LogP contribution in [0.2, 0.25) is 0 Å². The Bertz CT molecular complexity index is 927. The molecule has 1 unspecified atom stereocenters. The van der Waals surface area contributed by atoms with Gasteiger partial charge in [0.25, 0.3) is 0 Å². The zero-order valence-electron chi connectivity index (χ0n) is 16.1. The molecule has 0 radical (unpaired) electrons. The second-order valence-corrected chi connectivity index (χ2v) is 6.35. The molecule has 28 heavy (non-hydrogen) atoms. The van der Waals surface area contributed by atoms with Crippen molar-refractivity contribution in [3.05, 3.63) is 77.2 Å². The summed E-state index contributed by atoms with van der Waals surface area (Å²) in [5.74, 6) is 1.12. The van der Waals surface area contributed by atoms with E-state index in [9.17, 15) is 4.39 Å². The molecule has 0 aliphatic heterocycles. The molecular formula is C21H24FIN4O. The van der Waals surface area contributed by atoms with E-state index in [1.54, 1.807) is 26.1 Å². The van der Waals surface area contributed by atoms with Gasteiger partial charge in [0.15, 0.2) is 11.7 Å². The Morgan fingerprint density at radius 2 is 1.93 bits per heavy atom. The van der Waals surface area contributed by atoms with E-state index in [0.29, 0.717) is 18.1 Å². The maximum Gasteiger partial charge on any atom is 0.191 e. The molecular weight excluding hydrogens is 470 g/mol. The molecule has 2 aromatic carbocycles. The number of guanidine groups is 1. The first-order valence-corrected chi connectivity index (χ1v) is 8.81. The van der Waals surface area contributed by atoms with Crippen LogP contribution in [0, 0.1) is 12.7 Å². The molecule has 1 heterocycles. The Morgan fingerprint density at radius 1 is 1.18 bits per heavy atom. The SMILES string of the molecule is CN=C(NCc1cc(-c2ccccc2)on1)NC(C)c1ccc(C)c(F)c1.I. The molecule has 0 aliphatic carbocycles. The van der Waals surface area contributed by atoms with Crippen LogP contribution in [-0.2, 0) is 6.54 Å². The van der Waals surface area contributed by atoms with Crippen molar-refractivity contribution in [1.29, 1.82) is 0 Å². The second-order valence-electron chi connectivity index (χ2n) is 6.35. The van der Waals surface area contributed by atoms with Crippen LogP contribution in [0.25, 0.3) is 11.3 Å². The molecule has 3 aromatic rings. The molecule has 0 saturated heterocycles. The average Bonchev–Trinajstić information content (AvgIpc) is 3.17. The number of nitrogens with zero attached hydrogens (tertiary/aromatic N) is 2. The van der Waals surface area contributed by atoms with E-state index in [0.717, 1.165) is 22.6 Å². The third-order valence-corrected chi connectivity index (χ3v) is 4.33. The van der Waals surface area contributed by atoms with E-state index >= 15 is 0 Å². The number of rotatable bonds is 5. The van der Waals surface area contributed by atoms with Crippen LogP contribution in [0.15, 0.2) is 64.1 Å². The number of aromatic nitrogens is 1. The van der Waals surface area contributed by atoms with Gasteiger partial charge in [-0.2, -0.15) is 0 Å². The van der Waals surface area contributed by atoms with E-state index < -0.39 is 0 Å². The molecule has 2 N–H and O–H groups in total. The molecule has 7 heteroatoms. The summed E-state index contributed by atoms with van der Waals surface area (Å²) in [4.78, 5) is 4.22. The Kier molecular flexibility index (Phi) is 7.98. The van der Waals surface area contributed by atoms with Crippen molar-refractivity contribution in [3.8, 4) is 11.3 Å². The lowest BCUT2D eigenvalue weighted by atomic mass is 10.1. The maximum absolute atomic E-state index is 13.8. The summed E-state index contributed by atoms with van der Waals surface area (Å²) >= 11 is 0. The van der Waals surface area contributed by atoms with Crippen molar-refractivity contribution in [3.63, 3.8) is 0 Å². The third kappa shape index (κ3) is 5.54. The monoisotopic (exact) mass is 494 g/mol. The first-order chi connectivity index (χ1) is 13.1. The van der Waals surface area contributed by atoms with Crippen LogP contribution in [0.4, 0.5) is 4.39 Å². The number of aliphatic imine (C=N–C) groups is 1. The van der Waals surface area contributed by atoms with Gasteiger partial charge in [0.05, 0.1) is 12.6 Å². The normalized spacial score (nSPS) is 12.2. The van der Waals surface area contributed by atoms with Crippen LogP contribution < -0.4 is 10.6 Å². The molecule has 0 fully saturated rings. The summed E-state index contributed by atoms with van der Waals surface area (Å²) in [6, 6.07) is 16.8. The Balaban J connectivity index is 0.00000280. The zero-order valence-corrected chi connectivity index (χ0v) is 18.4. The fourth-order valence-corrected chi connectivity index (χ4v) is 2.67. The van der Waals surface area contributed by atoms with Crippen molar-refractivity contribution in [2.75, 3.05) is 7.05 Å². The standard InChI is InChI=1S/C21H23FN4O.HI/c1-14-9-10-17(11-19(14)22)15(2)25-21(23-3)24-13-18-12-20(27-26-18)16-7-5-4-6-8-16;/h4-12,15H,13H2,1-3H3,(H2,23,24,25);1H. The molecule has 0 aliphatic rings. The summed E-state index contributed by atoms with van der Waals surface area (Å²) < 4.78 is 19.2. The average molecular weight is 494 g/mol. The van der Waals surface area contributed by atoms with Gasteiger partial charge >= 0.3 is 0 Å². The van der Waals surface area contributed by atoms with Crippen LogP contribution >= 0.6 is 24.0 Å². The van der Waals surface area contributed by atoms with Crippen LogP contribution in [0.3, 0.4) is 0 Å². The number of hydrogen-bond acceptors (Lipinski definition) is 3. The summed E-state index contributed by atoms with van der Waals surface area (Å²) in [7, 11) is 1.69. The fourth-order valence-electron chi connectivity index (χ4n) is 2.67. The Labute approximate surface area is 181 Å². The van der Waals surface area contributed by atoms with Gasteiger partial charge in [-0.1, -0.05) is 47.6 Å². The highest BCUT2D eigenvalue weighted by molar-refractivity contribution is 14.0. The lowest BCUT2D eigenvalue weighted by Gasteiger charge is -2.18. The molecule has 0 spiro atoms. The number of hydrogen-bond donors (Lipinski definition) is 2. The molecule has 0 saturated carbocycles. The molecule has 5 nitrogen and oxygen atoms in total. The fraction of sp³-hybridized carbons (Fsp3) is 0.238. The largest absolute Gasteiger partial charge is 0.356 e. The second kappa shape index (κ2) is 10.2. The van der Waals surface area contributed by atoms with Gasteiger partial charge in [-0.25, -0.2) is 4.39 Å². The van der Waals surface area contributed by atoms with Crippen LogP contribution in [0.5, 0.6) is 0 Å². The lowest BCUT2D eigenvalue weighted by molar-refractivity contribution is 0.422. The summed E-state index contributed by atoms with van der Waals surface area (Å²) in [6.07, 6.45) is 0. The van der Waals surface area contributed by atoms with Crippen molar-refractivity contribution < 1.29 is 8.91 Å². The molecule has 1 atom stereocenters.